The highest BCUT2D eigenvalue weighted by atomic mass is 79.9. The lowest BCUT2D eigenvalue weighted by Gasteiger charge is -2.26. The number of carbonyl (C=O) groups excluding carboxylic acids is 1. The molecule has 6 nitrogen and oxygen atoms in total. The van der Waals surface area contributed by atoms with Crippen molar-refractivity contribution in [3.8, 4) is 11.3 Å². The Labute approximate surface area is 178 Å². The van der Waals surface area contributed by atoms with Crippen molar-refractivity contribution in [1.29, 1.82) is 0 Å². The number of halogens is 1. The number of sulfone groups is 1. The fourth-order valence-electron chi connectivity index (χ4n) is 3.37. The normalized spacial score (nSPS) is 19.5. The topological polar surface area (TPSA) is 72.3 Å². The van der Waals surface area contributed by atoms with Crippen molar-refractivity contribution >= 4 is 43.4 Å². The second-order valence-corrected chi connectivity index (χ2v) is 11.4. The van der Waals surface area contributed by atoms with Gasteiger partial charge in [-0.3, -0.25) is 4.79 Å². The van der Waals surface area contributed by atoms with Crippen molar-refractivity contribution in [3.63, 3.8) is 0 Å². The van der Waals surface area contributed by atoms with Crippen molar-refractivity contribution in [1.82, 2.24) is 14.5 Å². The number of aromatic nitrogens is 2. The number of thioether (sulfide) groups is 1. The molecule has 2 atom stereocenters. The third-order valence-electron chi connectivity index (χ3n) is 5.01. The molecule has 1 saturated heterocycles. The largest absolute Gasteiger partial charge is 0.341 e. The molecule has 1 aromatic carbocycles. The Morgan fingerprint density at radius 3 is 2.64 bits per heavy atom. The minimum Gasteiger partial charge on any atom is -0.341 e. The lowest BCUT2D eigenvalue weighted by molar-refractivity contribution is -0.130. The van der Waals surface area contributed by atoms with Gasteiger partial charge in [0.15, 0.2) is 15.0 Å². The van der Waals surface area contributed by atoms with E-state index in [2.05, 4.69) is 32.4 Å². The summed E-state index contributed by atoms with van der Waals surface area (Å²) in [6.07, 6.45) is 2.35. The Hall–Kier alpha value is -1.32. The van der Waals surface area contributed by atoms with Crippen LogP contribution in [0.4, 0.5) is 0 Å². The van der Waals surface area contributed by atoms with Gasteiger partial charge in [0.2, 0.25) is 5.91 Å². The molecule has 0 spiro atoms. The third-order valence-corrected chi connectivity index (χ3v) is 8.38. The fourth-order valence-corrected chi connectivity index (χ4v) is 6.46. The van der Waals surface area contributed by atoms with Crippen LogP contribution in [0.3, 0.4) is 0 Å². The monoisotopic (exact) mass is 485 g/mol. The van der Waals surface area contributed by atoms with Gasteiger partial charge in [-0.25, -0.2) is 13.4 Å². The van der Waals surface area contributed by atoms with Gasteiger partial charge < -0.3 is 9.47 Å². The highest BCUT2D eigenvalue weighted by Crippen LogP contribution is 2.30. The molecule has 1 aromatic heterocycles. The van der Waals surface area contributed by atoms with E-state index >= 15 is 0 Å². The number of rotatable bonds is 6. The predicted octanol–water partition coefficient (Wildman–Crippen LogP) is 3.46. The van der Waals surface area contributed by atoms with E-state index in [0.717, 1.165) is 27.4 Å². The number of benzene rings is 1. The molecule has 28 heavy (non-hydrogen) atoms. The lowest BCUT2D eigenvalue weighted by atomic mass is 10.2. The average Bonchev–Trinajstić information content (AvgIpc) is 3.23. The van der Waals surface area contributed by atoms with Crippen LogP contribution in [0.25, 0.3) is 11.3 Å². The summed E-state index contributed by atoms with van der Waals surface area (Å²) >= 11 is 4.86. The summed E-state index contributed by atoms with van der Waals surface area (Å²) in [5.74, 6) is 0.153. The molecule has 0 bridgehead atoms. The van der Waals surface area contributed by atoms with E-state index in [1.165, 1.54) is 11.8 Å². The van der Waals surface area contributed by atoms with Gasteiger partial charge >= 0.3 is 0 Å². The standard InChI is InChI=1S/C19H24BrN3O3S2/c1-4-23-17(14-5-7-15(20)8-6-14)11-21-19(23)27-13(2)18(24)22(3)16-9-10-28(25,26)12-16/h5-8,11,13,16H,4,9-10,12H2,1-3H3. The Morgan fingerprint density at radius 2 is 2.07 bits per heavy atom. The van der Waals surface area contributed by atoms with Gasteiger partial charge in [0, 0.05) is 24.1 Å². The first-order chi connectivity index (χ1) is 13.2. The average molecular weight is 486 g/mol. The number of hydrogen-bond donors (Lipinski definition) is 0. The van der Waals surface area contributed by atoms with Gasteiger partial charge in [-0.05, 0) is 38.0 Å². The SMILES string of the molecule is CCn1c(-c2ccc(Br)cc2)cnc1SC(C)C(=O)N(C)C1CCS(=O)(=O)C1. The maximum absolute atomic E-state index is 12.8. The van der Waals surface area contributed by atoms with Crippen LogP contribution in [-0.4, -0.2) is 58.6 Å². The van der Waals surface area contributed by atoms with Gasteiger partial charge in [0.05, 0.1) is 28.6 Å². The van der Waals surface area contributed by atoms with Crippen LogP contribution < -0.4 is 0 Å². The molecule has 0 saturated carbocycles. The molecule has 0 N–H and O–H groups in total. The Kier molecular flexibility index (Phi) is 6.56. The first kappa shape index (κ1) is 21.4. The van der Waals surface area contributed by atoms with Crippen LogP contribution >= 0.6 is 27.7 Å². The van der Waals surface area contributed by atoms with E-state index in [9.17, 15) is 13.2 Å². The first-order valence-corrected chi connectivity index (χ1v) is 12.7. The Bertz CT molecular complexity index is 957. The second-order valence-electron chi connectivity index (χ2n) is 6.94. The summed E-state index contributed by atoms with van der Waals surface area (Å²) in [4.78, 5) is 19.0. The highest BCUT2D eigenvalue weighted by molar-refractivity contribution is 9.10. The molecule has 2 aromatic rings. The maximum Gasteiger partial charge on any atom is 0.235 e. The first-order valence-electron chi connectivity index (χ1n) is 9.17. The zero-order valence-electron chi connectivity index (χ0n) is 16.1. The van der Waals surface area contributed by atoms with E-state index in [4.69, 9.17) is 0 Å². The highest BCUT2D eigenvalue weighted by Gasteiger charge is 2.34. The summed E-state index contributed by atoms with van der Waals surface area (Å²) < 4.78 is 26.5. The predicted molar refractivity (Wildman–Crippen MR) is 116 cm³/mol. The molecular weight excluding hydrogens is 462 g/mol. The summed E-state index contributed by atoms with van der Waals surface area (Å²) in [7, 11) is -1.32. The molecule has 152 valence electrons. The molecule has 9 heteroatoms. The lowest BCUT2D eigenvalue weighted by Crippen LogP contribution is -2.41. The van der Waals surface area contributed by atoms with Crippen molar-refractivity contribution in [2.75, 3.05) is 18.6 Å². The summed E-state index contributed by atoms with van der Waals surface area (Å²) in [5, 5.41) is 0.437. The number of amides is 1. The van der Waals surface area contributed by atoms with Crippen LogP contribution in [0.15, 0.2) is 40.1 Å². The van der Waals surface area contributed by atoms with Gasteiger partial charge in [-0.15, -0.1) is 0 Å². The van der Waals surface area contributed by atoms with Gasteiger partial charge in [-0.1, -0.05) is 39.8 Å². The van der Waals surface area contributed by atoms with E-state index in [0.29, 0.717) is 6.42 Å². The van der Waals surface area contributed by atoms with E-state index in [1.54, 1.807) is 11.9 Å². The van der Waals surface area contributed by atoms with E-state index in [1.807, 2.05) is 37.4 Å². The molecule has 1 aliphatic rings. The van der Waals surface area contributed by atoms with Gasteiger partial charge in [0.1, 0.15) is 0 Å². The van der Waals surface area contributed by atoms with Crippen molar-refractivity contribution in [2.24, 2.45) is 0 Å². The van der Waals surface area contributed by atoms with Crippen LogP contribution in [-0.2, 0) is 21.2 Å². The maximum atomic E-state index is 12.8. The molecule has 2 heterocycles. The second kappa shape index (κ2) is 8.59. The zero-order valence-corrected chi connectivity index (χ0v) is 19.3. The Balaban J connectivity index is 1.74. The Morgan fingerprint density at radius 1 is 1.39 bits per heavy atom. The molecule has 1 fully saturated rings. The molecule has 1 aliphatic heterocycles. The van der Waals surface area contributed by atoms with Crippen molar-refractivity contribution in [2.45, 2.75) is 43.3 Å². The summed E-state index contributed by atoms with van der Waals surface area (Å²) in [5.41, 5.74) is 2.07. The molecule has 2 unspecified atom stereocenters. The van der Waals surface area contributed by atoms with Crippen molar-refractivity contribution in [3.05, 3.63) is 34.9 Å². The minimum atomic E-state index is -3.02. The van der Waals surface area contributed by atoms with Crippen LogP contribution in [0.2, 0.25) is 0 Å². The van der Waals surface area contributed by atoms with Gasteiger partial charge in [-0.2, -0.15) is 0 Å². The molecule has 1 amide bonds. The number of carbonyl (C=O) groups is 1. The molecule has 0 radical (unpaired) electrons. The third kappa shape index (κ3) is 4.63. The van der Waals surface area contributed by atoms with E-state index < -0.39 is 9.84 Å². The number of nitrogens with zero attached hydrogens (tertiary/aromatic N) is 3. The fraction of sp³-hybridized carbons (Fsp3) is 0.474. The summed E-state index contributed by atoms with van der Waals surface area (Å²) in [6.45, 7) is 4.64. The summed E-state index contributed by atoms with van der Waals surface area (Å²) in [6, 6.07) is 7.82. The van der Waals surface area contributed by atoms with Gasteiger partial charge in [0.25, 0.3) is 0 Å². The van der Waals surface area contributed by atoms with E-state index in [-0.39, 0.29) is 28.7 Å². The zero-order chi connectivity index (χ0) is 20.5. The smallest absolute Gasteiger partial charge is 0.235 e. The molecule has 3 rings (SSSR count). The van der Waals surface area contributed by atoms with Crippen LogP contribution in [0.1, 0.15) is 20.3 Å². The van der Waals surface area contributed by atoms with Crippen LogP contribution in [0.5, 0.6) is 0 Å². The molecule has 0 aliphatic carbocycles. The number of hydrogen-bond acceptors (Lipinski definition) is 5. The minimum absolute atomic E-state index is 0.0595. The van der Waals surface area contributed by atoms with Crippen molar-refractivity contribution < 1.29 is 13.2 Å². The molecular formula is C19H24BrN3O3S2. The quantitative estimate of drug-likeness (QED) is 0.585. The van der Waals surface area contributed by atoms with Crippen LogP contribution in [0, 0.1) is 0 Å². The number of imidazole rings is 1.